The van der Waals surface area contributed by atoms with Gasteiger partial charge >= 0.3 is 5.97 Å². The second-order valence-corrected chi connectivity index (χ2v) is 4.96. The minimum atomic E-state index is -0.326. The second-order valence-electron chi connectivity index (χ2n) is 4.96. The van der Waals surface area contributed by atoms with Crippen molar-refractivity contribution in [2.75, 3.05) is 32.8 Å². The molecule has 0 aliphatic carbocycles. The van der Waals surface area contributed by atoms with Crippen LogP contribution < -0.4 is 40.2 Å². The Balaban J connectivity index is 0. The van der Waals surface area contributed by atoms with Crippen LogP contribution in [0, 0.1) is 0 Å². The van der Waals surface area contributed by atoms with Crippen LogP contribution in [0.4, 0.5) is 5.69 Å². The van der Waals surface area contributed by atoms with Crippen molar-refractivity contribution in [1.82, 2.24) is 0 Å². The molecule has 0 saturated heterocycles. The van der Waals surface area contributed by atoms with Crippen LogP contribution in [0.1, 0.15) is 37.6 Å². The molecule has 0 aliphatic heterocycles. The Labute approximate surface area is 151 Å². The van der Waals surface area contributed by atoms with E-state index in [1.165, 1.54) is 4.90 Å². The second kappa shape index (κ2) is 13.4. The Bertz CT molecular complexity index is 455. The lowest BCUT2D eigenvalue weighted by atomic mass is 10.2. The Morgan fingerprint density at radius 1 is 1.17 bits per heavy atom. The molecule has 1 aromatic carbocycles. The first-order valence-corrected chi connectivity index (χ1v) is 7.71. The minimum absolute atomic E-state index is 0. The van der Waals surface area contributed by atoms with Crippen molar-refractivity contribution in [2.45, 2.75) is 27.2 Å². The average Bonchev–Trinajstić information content (AvgIpc) is 2.47. The molecule has 0 fully saturated rings. The Morgan fingerprint density at radius 2 is 1.83 bits per heavy atom. The molecule has 0 radical (unpaired) electrons. The van der Waals surface area contributed by atoms with Gasteiger partial charge in [-0.05, 0) is 26.8 Å². The minimum Gasteiger partial charge on any atom is -1.00 e. The van der Waals surface area contributed by atoms with Crippen LogP contribution in [0.5, 0.6) is 5.75 Å². The fourth-order valence-electron chi connectivity index (χ4n) is 2.18. The van der Waals surface area contributed by atoms with Gasteiger partial charge in [0.1, 0.15) is 17.0 Å². The van der Waals surface area contributed by atoms with Crippen LogP contribution >= 0.6 is 0 Å². The molecule has 0 spiro atoms. The van der Waals surface area contributed by atoms with E-state index in [0.29, 0.717) is 24.5 Å². The Kier molecular flexibility index (Phi) is 14.2. The molecule has 7 heteroatoms. The predicted octanol–water partition coefficient (Wildman–Crippen LogP) is -5.56. The topological polar surface area (TPSA) is 67.6 Å². The molecule has 23 heavy (non-hydrogen) atoms. The molecule has 0 amide bonds. The summed E-state index contributed by atoms with van der Waals surface area (Å²) >= 11 is 0. The van der Waals surface area contributed by atoms with Crippen LogP contribution in [0.15, 0.2) is 18.2 Å². The summed E-state index contributed by atoms with van der Waals surface area (Å²) in [5, 5.41) is 0. The third kappa shape index (κ3) is 8.42. The average molecular weight is 367 g/mol. The van der Waals surface area contributed by atoms with Crippen LogP contribution in [-0.4, -0.2) is 38.8 Å². The van der Waals surface area contributed by atoms with Crippen LogP contribution in [0.25, 0.3) is 0 Å². The maximum Gasteiger partial charge on any atom is 0.341 e. The highest BCUT2D eigenvalue weighted by atomic mass is 35.5. The number of nitrogens with one attached hydrogen (secondary N) is 1. The molecule has 0 heterocycles. The van der Waals surface area contributed by atoms with Gasteiger partial charge in [-0.3, -0.25) is 0 Å². The predicted molar refractivity (Wildman–Crippen MR) is 82.0 cm³/mol. The summed E-state index contributed by atoms with van der Waals surface area (Å²) < 4.78 is 10.8. The van der Waals surface area contributed by atoms with Gasteiger partial charge in [-0.15, -0.1) is 0 Å². The fraction of sp³-hybridized carbons (Fsp3) is 0.562. The summed E-state index contributed by atoms with van der Waals surface area (Å²) in [4.78, 5) is 13.6. The van der Waals surface area contributed by atoms with Crippen molar-refractivity contribution >= 4 is 11.7 Å². The van der Waals surface area contributed by atoms with Crippen molar-refractivity contribution in [3.63, 3.8) is 0 Å². The fourth-order valence-corrected chi connectivity index (χ4v) is 2.18. The molecule has 1 aromatic rings. The molecule has 4 N–H and O–H groups in total. The molecule has 0 aliphatic rings. The van der Waals surface area contributed by atoms with E-state index in [1.807, 2.05) is 6.92 Å². The van der Waals surface area contributed by atoms with Gasteiger partial charge in [-0.2, -0.15) is 0 Å². The van der Waals surface area contributed by atoms with Gasteiger partial charge in [0.2, 0.25) is 0 Å². The first-order chi connectivity index (χ1) is 10.1. The lowest BCUT2D eigenvalue weighted by Crippen LogP contribution is -3.11. The maximum atomic E-state index is 12.1. The number of esters is 1. The summed E-state index contributed by atoms with van der Waals surface area (Å²) in [5.74, 6) is 0.220. The number of hydrogen-bond acceptors (Lipinski definition) is 3. The normalized spacial score (nSPS) is 9.78. The van der Waals surface area contributed by atoms with E-state index in [2.05, 4.69) is 19.6 Å². The molecule has 0 bridgehead atoms. The van der Waals surface area contributed by atoms with Gasteiger partial charge in [0.05, 0.1) is 32.8 Å². The summed E-state index contributed by atoms with van der Waals surface area (Å²) in [7, 11) is 0. The van der Waals surface area contributed by atoms with Crippen LogP contribution in [0.3, 0.4) is 0 Å². The highest BCUT2D eigenvalue weighted by Crippen LogP contribution is 2.22. The molecule has 5 nitrogen and oxygen atoms in total. The van der Waals surface area contributed by atoms with Crippen LogP contribution in [0.2, 0.25) is 0 Å². The molecule has 0 unspecified atom stereocenters. The van der Waals surface area contributed by atoms with Gasteiger partial charge in [-0.1, -0.05) is 0 Å². The van der Waals surface area contributed by atoms with Crippen molar-refractivity contribution in [3.05, 3.63) is 23.8 Å². The first-order valence-electron chi connectivity index (χ1n) is 7.71. The van der Waals surface area contributed by atoms with Gasteiger partial charge in [0.25, 0.3) is 0 Å². The van der Waals surface area contributed by atoms with Gasteiger partial charge < -0.3 is 44.9 Å². The molecule has 1 rings (SSSR count). The standard InChI is InChI=1S/C16H26N2O3.2ClH/c1-4-18(5-2)10-7-11-21-16(19)14-9-8-13(17)12-15(14)20-6-3;;/h8-9,12H,4-7,10-11,17H2,1-3H3;2*1H. The third-order valence-electron chi connectivity index (χ3n) is 3.47. The zero-order valence-corrected chi connectivity index (χ0v) is 15.7. The summed E-state index contributed by atoms with van der Waals surface area (Å²) in [6.07, 6.45) is 0.875. The SMILES string of the molecule is CCOc1cc([NH3+])ccc1C(=O)OCCC[NH+](CC)CC.[Cl-].[Cl-]. The number of hydrogen-bond donors (Lipinski definition) is 2. The number of quaternary nitrogens is 2. The first kappa shape index (κ1) is 24.2. The highest BCUT2D eigenvalue weighted by Gasteiger charge is 2.15. The molecule has 0 saturated carbocycles. The zero-order chi connectivity index (χ0) is 15.7. The lowest BCUT2D eigenvalue weighted by Gasteiger charge is -2.15. The summed E-state index contributed by atoms with van der Waals surface area (Å²) in [6.45, 7) is 10.4. The number of carbonyl (C=O) groups is 1. The van der Waals surface area contributed by atoms with Crippen molar-refractivity contribution < 1.29 is 49.7 Å². The van der Waals surface area contributed by atoms with E-state index >= 15 is 0 Å². The van der Waals surface area contributed by atoms with E-state index in [-0.39, 0.29) is 30.8 Å². The Hall–Kier alpha value is -1.01. The van der Waals surface area contributed by atoms with Crippen molar-refractivity contribution in [1.29, 1.82) is 0 Å². The van der Waals surface area contributed by atoms with Gasteiger partial charge in [0, 0.05) is 18.6 Å². The monoisotopic (exact) mass is 366 g/mol. The quantitative estimate of drug-likeness (QED) is 0.338. The van der Waals surface area contributed by atoms with Crippen molar-refractivity contribution in [3.8, 4) is 5.75 Å². The van der Waals surface area contributed by atoms with E-state index in [0.717, 1.165) is 31.7 Å². The summed E-state index contributed by atoms with van der Waals surface area (Å²) in [5.41, 5.74) is 5.13. The zero-order valence-electron chi connectivity index (χ0n) is 14.2. The smallest absolute Gasteiger partial charge is 0.341 e. The number of halogens is 2. The maximum absolute atomic E-state index is 12.1. The lowest BCUT2D eigenvalue weighted by molar-refractivity contribution is -0.896. The third-order valence-corrected chi connectivity index (χ3v) is 3.47. The highest BCUT2D eigenvalue weighted by molar-refractivity contribution is 5.92. The molecular formula is C16H28Cl2N2O3. The van der Waals surface area contributed by atoms with E-state index in [1.54, 1.807) is 18.2 Å². The van der Waals surface area contributed by atoms with Gasteiger partial charge in [0.15, 0.2) is 0 Å². The summed E-state index contributed by atoms with van der Waals surface area (Å²) in [6, 6.07) is 5.27. The van der Waals surface area contributed by atoms with Gasteiger partial charge in [-0.25, -0.2) is 4.79 Å². The van der Waals surface area contributed by atoms with Crippen LogP contribution in [-0.2, 0) is 4.74 Å². The number of rotatable bonds is 9. The number of carbonyl (C=O) groups excluding carboxylic acids is 1. The van der Waals surface area contributed by atoms with E-state index in [4.69, 9.17) is 9.47 Å². The Morgan fingerprint density at radius 3 is 2.39 bits per heavy atom. The molecule has 0 aromatic heterocycles. The van der Waals surface area contributed by atoms with Crippen molar-refractivity contribution in [2.24, 2.45) is 0 Å². The molecule has 134 valence electrons. The van der Waals surface area contributed by atoms with E-state index in [9.17, 15) is 4.79 Å². The molecular weight excluding hydrogens is 339 g/mol. The molecule has 0 atom stereocenters. The largest absolute Gasteiger partial charge is 1.00 e. The number of benzene rings is 1. The van der Waals surface area contributed by atoms with E-state index < -0.39 is 0 Å². The number of ether oxygens (including phenoxy) is 2.